The number of carbonyl (C=O) groups is 1. The van der Waals surface area contributed by atoms with Gasteiger partial charge in [-0.05, 0) is 34.7 Å². The lowest BCUT2D eigenvalue weighted by Gasteiger charge is -2.20. The minimum absolute atomic E-state index is 0.0389. The summed E-state index contributed by atoms with van der Waals surface area (Å²) >= 11 is 0. The maximum absolute atomic E-state index is 12.3. The Balaban J connectivity index is 1.31. The first-order chi connectivity index (χ1) is 16.5. The molecule has 0 aromatic heterocycles. The van der Waals surface area contributed by atoms with Crippen LogP contribution in [0.4, 0.5) is 4.79 Å². The normalized spacial score (nSPS) is 13.8. The van der Waals surface area contributed by atoms with Crippen LogP contribution < -0.4 is 10.1 Å². The van der Waals surface area contributed by atoms with Crippen LogP contribution in [0, 0.1) is 11.3 Å². The van der Waals surface area contributed by atoms with E-state index in [-0.39, 0.29) is 36.6 Å². The molecule has 0 radical (unpaired) electrons. The van der Waals surface area contributed by atoms with Gasteiger partial charge in [0.2, 0.25) is 0 Å². The second-order valence-electron chi connectivity index (χ2n) is 8.09. The molecule has 0 saturated heterocycles. The fourth-order valence-corrected chi connectivity index (χ4v) is 4.42. The van der Waals surface area contributed by atoms with E-state index in [1.165, 1.54) is 7.11 Å². The molecule has 0 spiro atoms. The second-order valence-corrected chi connectivity index (χ2v) is 8.09. The second kappa shape index (κ2) is 10.4. The first-order valence-electron chi connectivity index (χ1n) is 11.1. The monoisotopic (exact) mass is 458 g/mol. The van der Waals surface area contributed by atoms with Crippen LogP contribution in [-0.2, 0) is 4.74 Å². The number of nitrogens with one attached hydrogen (secondary N) is 1. The van der Waals surface area contributed by atoms with Crippen molar-refractivity contribution in [2.75, 3.05) is 20.3 Å². The van der Waals surface area contributed by atoms with Crippen molar-refractivity contribution >= 4 is 6.09 Å². The van der Waals surface area contributed by atoms with E-state index in [1.807, 2.05) is 42.5 Å². The quantitative estimate of drug-likeness (QED) is 0.472. The number of nitrogens with zero attached hydrogens (tertiary/aromatic N) is 1. The molecule has 2 unspecified atom stereocenters. The number of methoxy groups -OCH3 is 1. The van der Waals surface area contributed by atoms with Crippen molar-refractivity contribution < 1.29 is 24.5 Å². The number of nitriles is 1. The third-order valence-electron chi connectivity index (χ3n) is 6.13. The van der Waals surface area contributed by atoms with Gasteiger partial charge in [0.05, 0.1) is 18.8 Å². The number of aliphatic hydroxyl groups is 2. The largest absolute Gasteiger partial charge is 0.495 e. The summed E-state index contributed by atoms with van der Waals surface area (Å²) in [7, 11) is 1.43. The number of hydrogen-bond acceptors (Lipinski definition) is 6. The zero-order chi connectivity index (χ0) is 24.1. The Hall–Kier alpha value is -3.86. The molecule has 3 aromatic carbocycles. The smallest absolute Gasteiger partial charge is 0.407 e. The lowest BCUT2D eigenvalue weighted by atomic mass is 9.97. The van der Waals surface area contributed by atoms with Crippen LogP contribution >= 0.6 is 0 Å². The summed E-state index contributed by atoms with van der Waals surface area (Å²) < 4.78 is 10.6. The first-order valence-corrected chi connectivity index (χ1v) is 11.1. The van der Waals surface area contributed by atoms with Gasteiger partial charge in [-0.25, -0.2) is 4.79 Å². The van der Waals surface area contributed by atoms with Gasteiger partial charge in [0.25, 0.3) is 0 Å². The molecule has 2 atom stereocenters. The summed E-state index contributed by atoms with van der Waals surface area (Å²) in [4.78, 5) is 12.3. The molecular weight excluding hydrogens is 432 g/mol. The van der Waals surface area contributed by atoms with Crippen molar-refractivity contribution in [2.45, 2.75) is 24.5 Å². The minimum Gasteiger partial charge on any atom is -0.495 e. The van der Waals surface area contributed by atoms with E-state index in [0.717, 1.165) is 22.3 Å². The number of rotatable bonds is 8. The van der Waals surface area contributed by atoms with E-state index in [2.05, 4.69) is 17.4 Å². The van der Waals surface area contributed by atoms with E-state index in [4.69, 9.17) is 9.47 Å². The van der Waals surface area contributed by atoms with Crippen molar-refractivity contribution in [1.82, 2.24) is 5.32 Å². The molecule has 1 aliphatic carbocycles. The maximum atomic E-state index is 12.3. The van der Waals surface area contributed by atoms with Gasteiger partial charge in [-0.1, -0.05) is 60.7 Å². The molecule has 174 valence electrons. The summed E-state index contributed by atoms with van der Waals surface area (Å²) in [6.07, 6.45) is -3.00. The number of alkyl carbamates (subject to hydrolysis) is 1. The highest BCUT2D eigenvalue weighted by atomic mass is 16.5. The van der Waals surface area contributed by atoms with Crippen LogP contribution in [0.15, 0.2) is 66.7 Å². The van der Waals surface area contributed by atoms with Crippen LogP contribution in [-0.4, -0.2) is 42.7 Å². The molecule has 1 aliphatic rings. The van der Waals surface area contributed by atoms with E-state index in [9.17, 15) is 20.3 Å². The molecule has 34 heavy (non-hydrogen) atoms. The first kappa shape index (κ1) is 23.3. The Bertz CT molecular complexity index is 1170. The average Bonchev–Trinajstić information content (AvgIpc) is 3.20. The number of benzene rings is 3. The van der Waals surface area contributed by atoms with E-state index < -0.39 is 18.3 Å². The van der Waals surface area contributed by atoms with E-state index >= 15 is 0 Å². The molecule has 7 heteroatoms. The molecule has 0 heterocycles. The van der Waals surface area contributed by atoms with Gasteiger partial charge in [-0.3, -0.25) is 0 Å². The van der Waals surface area contributed by atoms with Crippen LogP contribution in [0.5, 0.6) is 5.75 Å². The molecule has 0 saturated carbocycles. The molecule has 3 N–H and O–H groups in total. The van der Waals surface area contributed by atoms with Crippen molar-refractivity contribution in [3.05, 3.63) is 89.0 Å². The molecule has 0 aliphatic heterocycles. The van der Waals surface area contributed by atoms with Crippen molar-refractivity contribution in [3.63, 3.8) is 0 Å². The number of amides is 1. The van der Waals surface area contributed by atoms with Crippen molar-refractivity contribution in [1.29, 1.82) is 5.26 Å². The molecule has 4 rings (SSSR count). The fraction of sp³-hybridized carbons (Fsp3) is 0.259. The number of ether oxygens (including phenoxy) is 2. The number of carbonyl (C=O) groups excluding carboxylic acids is 1. The zero-order valence-corrected chi connectivity index (χ0v) is 18.8. The van der Waals surface area contributed by atoms with Crippen LogP contribution in [0.25, 0.3) is 11.1 Å². The highest BCUT2D eigenvalue weighted by Crippen LogP contribution is 2.44. The van der Waals surface area contributed by atoms with Gasteiger partial charge in [-0.2, -0.15) is 5.26 Å². The number of fused-ring (bicyclic) bond motifs is 3. The molecule has 7 nitrogen and oxygen atoms in total. The topological polar surface area (TPSA) is 112 Å². The number of aliphatic hydroxyl groups excluding tert-OH is 2. The number of hydrogen-bond donors (Lipinski definition) is 3. The van der Waals surface area contributed by atoms with E-state index in [0.29, 0.717) is 5.75 Å². The summed E-state index contributed by atoms with van der Waals surface area (Å²) in [6, 6.07) is 23.0. The van der Waals surface area contributed by atoms with Crippen molar-refractivity contribution in [3.8, 4) is 22.9 Å². The summed E-state index contributed by atoms with van der Waals surface area (Å²) in [5, 5.41) is 32.9. The maximum Gasteiger partial charge on any atom is 0.407 e. The standard InChI is InChI=1S/C27H26N2O5/c1-33-25-12-6-11-21(22(25)15-28)26(31)24(30)13-14-29-27(32)34-16-23-19-9-4-2-7-17(19)18-8-3-5-10-20(18)23/h2-12,23-24,26,30-31H,13-14,16H2,1H3,(H,29,32). The Kier molecular flexibility index (Phi) is 7.12. The average molecular weight is 459 g/mol. The Labute approximate surface area is 198 Å². The molecule has 3 aromatic rings. The predicted octanol–water partition coefficient (Wildman–Crippen LogP) is 3.89. The van der Waals surface area contributed by atoms with Crippen LogP contribution in [0.1, 0.15) is 40.7 Å². The summed E-state index contributed by atoms with van der Waals surface area (Å²) in [5.74, 6) is 0.283. The highest BCUT2D eigenvalue weighted by Gasteiger charge is 2.29. The zero-order valence-electron chi connectivity index (χ0n) is 18.8. The van der Waals surface area contributed by atoms with Gasteiger partial charge >= 0.3 is 6.09 Å². The summed E-state index contributed by atoms with van der Waals surface area (Å²) in [5.41, 5.74) is 5.00. The lowest BCUT2D eigenvalue weighted by Crippen LogP contribution is -2.30. The fourth-order valence-electron chi connectivity index (χ4n) is 4.42. The molecular formula is C27H26N2O5. The molecule has 0 bridgehead atoms. The Morgan fingerprint density at radius 3 is 2.29 bits per heavy atom. The highest BCUT2D eigenvalue weighted by molar-refractivity contribution is 5.79. The molecule has 1 amide bonds. The van der Waals surface area contributed by atoms with Gasteiger partial charge in [0, 0.05) is 18.0 Å². The third-order valence-corrected chi connectivity index (χ3v) is 6.13. The minimum atomic E-state index is -1.30. The van der Waals surface area contributed by atoms with Gasteiger partial charge in [0.1, 0.15) is 24.5 Å². The Morgan fingerprint density at radius 2 is 1.68 bits per heavy atom. The lowest BCUT2D eigenvalue weighted by molar-refractivity contribution is 0.0134. The third kappa shape index (κ3) is 4.60. The SMILES string of the molecule is COc1cccc(C(O)C(O)CCNC(=O)OCC2c3ccccc3-c3ccccc32)c1C#N. The van der Waals surface area contributed by atoms with E-state index in [1.54, 1.807) is 18.2 Å². The predicted molar refractivity (Wildman–Crippen MR) is 126 cm³/mol. The van der Waals surface area contributed by atoms with Gasteiger partial charge in [0.15, 0.2) is 0 Å². The van der Waals surface area contributed by atoms with Crippen LogP contribution in [0.2, 0.25) is 0 Å². The van der Waals surface area contributed by atoms with Crippen molar-refractivity contribution in [2.24, 2.45) is 0 Å². The van der Waals surface area contributed by atoms with Crippen LogP contribution in [0.3, 0.4) is 0 Å². The Morgan fingerprint density at radius 1 is 1.03 bits per heavy atom. The van der Waals surface area contributed by atoms with Gasteiger partial charge < -0.3 is 25.0 Å². The van der Waals surface area contributed by atoms with Gasteiger partial charge in [-0.15, -0.1) is 0 Å². The summed E-state index contributed by atoms with van der Waals surface area (Å²) in [6.45, 7) is 0.293. The molecule has 0 fully saturated rings.